The van der Waals surface area contributed by atoms with Gasteiger partial charge in [0.1, 0.15) is 5.82 Å². The Balaban J connectivity index is 1.23. The summed E-state index contributed by atoms with van der Waals surface area (Å²) in [6.45, 7) is 4.92. The summed E-state index contributed by atoms with van der Waals surface area (Å²) < 4.78 is 5.43. The van der Waals surface area contributed by atoms with Gasteiger partial charge in [-0.25, -0.2) is 4.98 Å². The van der Waals surface area contributed by atoms with E-state index in [9.17, 15) is 4.79 Å². The fraction of sp³-hybridized carbons (Fsp3) is 0.222. The number of rotatable bonds is 6. The van der Waals surface area contributed by atoms with E-state index in [0.717, 1.165) is 52.3 Å². The highest BCUT2D eigenvalue weighted by atomic mass is 16.5. The van der Waals surface area contributed by atoms with Gasteiger partial charge < -0.3 is 20.3 Å². The summed E-state index contributed by atoms with van der Waals surface area (Å²) in [4.78, 5) is 24.0. The summed E-state index contributed by atoms with van der Waals surface area (Å²) >= 11 is 0. The zero-order valence-electron chi connectivity index (χ0n) is 19.1. The summed E-state index contributed by atoms with van der Waals surface area (Å²) in [6, 6.07) is 23.7. The Bertz CT molecular complexity index is 1290. The monoisotopic (exact) mass is 453 g/mol. The second-order valence-corrected chi connectivity index (χ2v) is 8.36. The van der Waals surface area contributed by atoms with Gasteiger partial charge in [-0.05, 0) is 47.5 Å². The van der Waals surface area contributed by atoms with Crippen molar-refractivity contribution in [2.24, 2.45) is 0 Å². The predicted molar refractivity (Wildman–Crippen MR) is 136 cm³/mol. The lowest BCUT2D eigenvalue weighted by atomic mass is 10.0. The first-order chi connectivity index (χ1) is 16.6. The Hall–Kier alpha value is -3.97. The number of nitrogens with one attached hydrogen (secondary N) is 2. The molecule has 0 atom stereocenters. The summed E-state index contributed by atoms with van der Waals surface area (Å²) in [6.07, 6.45) is 0.325. The first kappa shape index (κ1) is 21.9. The molecule has 4 aromatic rings. The number of fused-ring (bicyclic) bond motifs is 1. The van der Waals surface area contributed by atoms with Crippen LogP contribution in [0, 0.1) is 6.92 Å². The largest absolute Gasteiger partial charge is 0.378 e. The van der Waals surface area contributed by atoms with Gasteiger partial charge in [0.2, 0.25) is 11.9 Å². The molecule has 1 amide bonds. The molecule has 0 spiro atoms. The Labute approximate surface area is 198 Å². The Morgan fingerprint density at radius 1 is 0.941 bits per heavy atom. The molecule has 172 valence electrons. The van der Waals surface area contributed by atoms with Crippen LogP contribution in [0.25, 0.3) is 10.8 Å². The van der Waals surface area contributed by atoms with Crippen molar-refractivity contribution in [3.63, 3.8) is 0 Å². The normalized spacial score (nSPS) is 13.6. The molecule has 34 heavy (non-hydrogen) atoms. The zero-order chi connectivity index (χ0) is 23.3. The minimum atomic E-state index is -0.0429. The zero-order valence-corrected chi connectivity index (χ0v) is 19.1. The Kier molecular flexibility index (Phi) is 6.35. The lowest BCUT2D eigenvalue weighted by molar-refractivity contribution is -0.115. The van der Waals surface area contributed by atoms with E-state index < -0.39 is 0 Å². The van der Waals surface area contributed by atoms with Gasteiger partial charge in [0, 0.05) is 36.2 Å². The van der Waals surface area contributed by atoms with Gasteiger partial charge in [-0.15, -0.1) is 0 Å². The van der Waals surface area contributed by atoms with Crippen LogP contribution < -0.4 is 15.5 Å². The van der Waals surface area contributed by atoms with Gasteiger partial charge in [-0.3, -0.25) is 4.79 Å². The first-order valence-corrected chi connectivity index (χ1v) is 11.5. The van der Waals surface area contributed by atoms with Crippen LogP contribution in [0.15, 0.2) is 72.8 Å². The molecule has 7 heteroatoms. The van der Waals surface area contributed by atoms with Crippen LogP contribution >= 0.6 is 0 Å². The third kappa shape index (κ3) is 5.15. The molecule has 1 aromatic heterocycles. The smallest absolute Gasteiger partial charge is 0.228 e. The molecule has 0 aliphatic carbocycles. The van der Waals surface area contributed by atoms with Crippen LogP contribution in [0.5, 0.6) is 0 Å². The van der Waals surface area contributed by atoms with Gasteiger partial charge in [0.25, 0.3) is 0 Å². The molecule has 7 nitrogen and oxygen atoms in total. The number of benzene rings is 3. The third-order valence-electron chi connectivity index (χ3n) is 5.81. The van der Waals surface area contributed by atoms with Crippen molar-refractivity contribution in [2.75, 3.05) is 41.8 Å². The number of carbonyl (C=O) groups excluding carboxylic acids is 1. The van der Waals surface area contributed by atoms with Crippen molar-refractivity contribution >= 4 is 39.8 Å². The Morgan fingerprint density at radius 3 is 2.50 bits per heavy atom. The molecular weight excluding hydrogens is 426 g/mol. The molecule has 0 saturated carbocycles. The van der Waals surface area contributed by atoms with E-state index in [1.807, 2.05) is 61.5 Å². The standard InChI is InChI=1S/C27H27N5O2/c1-19-17-25(31-27(28-19)32-13-15-34-16-14-32)29-22-9-11-23(12-10-22)30-26(33)18-21-7-4-6-20-5-2-3-8-24(20)21/h2-12,17H,13-16,18H2,1H3,(H,30,33)(H,28,29,31). The molecule has 1 aliphatic heterocycles. The molecule has 0 unspecified atom stereocenters. The average Bonchev–Trinajstić information content (AvgIpc) is 2.86. The second kappa shape index (κ2) is 9.89. The number of aromatic nitrogens is 2. The highest BCUT2D eigenvalue weighted by Gasteiger charge is 2.15. The first-order valence-electron chi connectivity index (χ1n) is 11.5. The van der Waals surface area contributed by atoms with Crippen LogP contribution in [0.2, 0.25) is 0 Å². The number of morpholine rings is 1. The van der Waals surface area contributed by atoms with Crippen LogP contribution in [0.3, 0.4) is 0 Å². The minimum Gasteiger partial charge on any atom is -0.378 e. The summed E-state index contributed by atoms with van der Waals surface area (Å²) in [5, 5.41) is 8.59. The van der Waals surface area contributed by atoms with E-state index >= 15 is 0 Å². The van der Waals surface area contributed by atoms with Gasteiger partial charge in [-0.1, -0.05) is 42.5 Å². The van der Waals surface area contributed by atoms with Crippen LogP contribution in [0.4, 0.5) is 23.1 Å². The number of nitrogens with zero attached hydrogens (tertiary/aromatic N) is 3. The molecule has 0 bridgehead atoms. The van der Waals surface area contributed by atoms with Crippen LogP contribution in [-0.2, 0) is 16.0 Å². The van der Waals surface area contributed by atoms with Gasteiger partial charge in [-0.2, -0.15) is 4.98 Å². The number of ether oxygens (including phenoxy) is 1. The molecule has 0 radical (unpaired) electrons. The van der Waals surface area contributed by atoms with Crippen molar-refractivity contribution in [3.8, 4) is 0 Å². The van der Waals surface area contributed by atoms with Crippen molar-refractivity contribution < 1.29 is 9.53 Å². The van der Waals surface area contributed by atoms with Crippen molar-refractivity contribution in [1.29, 1.82) is 0 Å². The van der Waals surface area contributed by atoms with Crippen molar-refractivity contribution in [2.45, 2.75) is 13.3 Å². The van der Waals surface area contributed by atoms with Crippen LogP contribution in [-0.4, -0.2) is 42.2 Å². The van der Waals surface area contributed by atoms with Crippen LogP contribution in [0.1, 0.15) is 11.3 Å². The molecule has 1 aliphatic rings. The summed E-state index contributed by atoms with van der Waals surface area (Å²) in [7, 11) is 0. The second-order valence-electron chi connectivity index (χ2n) is 8.36. The lowest BCUT2D eigenvalue weighted by Gasteiger charge is -2.27. The number of hydrogen-bond acceptors (Lipinski definition) is 6. The molecule has 1 fully saturated rings. The number of aryl methyl sites for hydroxylation is 1. The number of anilines is 4. The SMILES string of the molecule is Cc1cc(Nc2ccc(NC(=O)Cc3cccc4ccccc34)cc2)nc(N2CCOCC2)n1. The maximum atomic E-state index is 12.7. The lowest BCUT2D eigenvalue weighted by Crippen LogP contribution is -2.37. The average molecular weight is 454 g/mol. The van der Waals surface area contributed by atoms with E-state index in [4.69, 9.17) is 4.74 Å². The maximum absolute atomic E-state index is 12.7. The topological polar surface area (TPSA) is 79.4 Å². The fourth-order valence-electron chi connectivity index (χ4n) is 4.13. The molecule has 2 heterocycles. The quantitative estimate of drug-likeness (QED) is 0.441. The van der Waals surface area contributed by atoms with Gasteiger partial charge >= 0.3 is 0 Å². The minimum absolute atomic E-state index is 0.0429. The highest BCUT2D eigenvalue weighted by Crippen LogP contribution is 2.22. The fourth-order valence-corrected chi connectivity index (χ4v) is 4.13. The van der Waals surface area contributed by atoms with E-state index in [1.54, 1.807) is 0 Å². The summed E-state index contributed by atoms with van der Waals surface area (Å²) in [5.41, 5.74) is 3.56. The number of hydrogen-bond donors (Lipinski definition) is 2. The van der Waals surface area contributed by atoms with E-state index in [-0.39, 0.29) is 5.91 Å². The van der Waals surface area contributed by atoms with Crippen molar-refractivity contribution in [3.05, 3.63) is 84.1 Å². The van der Waals surface area contributed by atoms with E-state index in [2.05, 4.69) is 43.7 Å². The van der Waals surface area contributed by atoms with Gasteiger partial charge in [0.05, 0.1) is 19.6 Å². The molecule has 5 rings (SSSR count). The molecule has 1 saturated heterocycles. The summed E-state index contributed by atoms with van der Waals surface area (Å²) in [5.74, 6) is 1.41. The third-order valence-corrected chi connectivity index (χ3v) is 5.81. The van der Waals surface area contributed by atoms with Gasteiger partial charge in [0.15, 0.2) is 0 Å². The van der Waals surface area contributed by atoms with Crippen molar-refractivity contribution in [1.82, 2.24) is 9.97 Å². The molecule has 2 N–H and O–H groups in total. The number of carbonyl (C=O) groups is 1. The molecule has 3 aromatic carbocycles. The number of amides is 1. The highest BCUT2D eigenvalue weighted by molar-refractivity contribution is 5.96. The Morgan fingerprint density at radius 2 is 1.68 bits per heavy atom. The molecular formula is C27H27N5O2. The van der Waals surface area contributed by atoms with E-state index in [0.29, 0.717) is 25.6 Å². The predicted octanol–water partition coefficient (Wildman–Crippen LogP) is 4.70. The maximum Gasteiger partial charge on any atom is 0.228 e. The van der Waals surface area contributed by atoms with E-state index in [1.165, 1.54) is 0 Å².